The van der Waals surface area contributed by atoms with E-state index < -0.39 is 0 Å². The van der Waals surface area contributed by atoms with E-state index in [0.717, 1.165) is 17.8 Å². The number of hydrogen-bond acceptors (Lipinski definition) is 1. The van der Waals surface area contributed by atoms with E-state index in [1.54, 1.807) is 0 Å². The summed E-state index contributed by atoms with van der Waals surface area (Å²) in [5.74, 6) is 2.36. The van der Waals surface area contributed by atoms with Gasteiger partial charge in [-0.25, -0.2) is 0 Å². The molecule has 0 aromatic heterocycles. The summed E-state index contributed by atoms with van der Waals surface area (Å²) in [5.41, 5.74) is 0.841. The second-order valence-corrected chi connectivity index (χ2v) is 7.49. The molecule has 0 radical (unpaired) electrons. The van der Waals surface area contributed by atoms with Gasteiger partial charge in [0.15, 0.2) is 0 Å². The molecule has 0 saturated heterocycles. The minimum Gasteiger partial charge on any atom is -0.483 e. The maximum atomic E-state index is 8.36. The summed E-state index contributed by atoms with van der Waals surface area (Å²) in [7, 11) is 0. The van der Waals surface area contributed by atoms with Gasteiger partial charge in [-0.2, -0.15) is 0 Å². The standard InChI is InChI=1S/C15H28.CH2O2.H2O/c1-11-12(14(2,3)4)9-8-10-13(11)15(5,6)7;2-1-3;/h8-9,11-13H,10H2,1-7H3;1H,(H,2,3);1H2/t11?,12-,13?;;/m0../s1. The van der Waals surface area contributed by atoms with Crippen LogP contribution in [-0.4, -0.2) is 17.1 Å². The lowest BCUT2D eigenvalue weighted by atomic mass is 9.60. The van der Waals surface area contributed by atoms with Gasteiger partial charge in [0.25, 0.3) is 6.47 Å². The Balaban J connectivity index is 0. The lowest BCUT2D eigenvalue weighted by molar-refractivity contribution is -0.122. The van der Waals surface area contributed by atoms with Crippen molar-refractivity contribution >= 4 is 6.47 Å². The first-order chi connectivity index (χ1) is 8.05. The predicted octanol–water partition coefficient (Wildman–Crippen LogP) is 3.78. The Bertz CT molecular complexity index is 281. The molecule has 0 aromatic carbocycles. The Morgan fingerprint density at radius 2 is 1.53 bits per heavy atom. The van der Waals surface area contributed by atoms with Gasteiger partial charge in [-0.1, -0.05) is 60.6 Å². The van der Waals surface area contributed by atoms with Gasteiger partial charge >= 0.3 is 0 Å². The first-order valence-corrected chi connectivity index (χ1v) is 6.80. The summed E-state index contributed by atoms with van der Waals surface area (Å²) in [5, 5.41) is 6.89. The van der Waals surface area contributed by atoms with Crippen molar-refractivity contribution in [3.8, 4) is 0 Å². The topological polar surface area (TPSA) is 68.8 Å². The third-order valence-electron chi connectivity index (χ3n) is 4.05. The van der Waals surface area contributed by atoms with Crippen LogP contribution in [0.3, 0.4) is 0 Å². The van der Waals surface area contributed by atoms with E-state index in [1.807, 2.05) is 0 Å². The van der Waals surface area contributed by atoms with Crippen molar-refractivity contribution in [3.63, 3.8) is 0 Å². The zero-order valence-corrected chi connectivity index (χ0v) is 13.5. The third-order valence-corrected chi connectivity index (χ3v) is 4.05. The molecule has 0 saturated carbocycles. The Labute approximate surface area is 118 Å². The molecule has 3 heteroatoms. The minimum absolute atomic E-state index is 0. The first-order valence-electron chi connectivity index (χ1n) is 6.80. The highest BCUT2D eigenvalue weighted by Crippen LogP contribution is 2.46. The molecule has 2 unspecified atom stereocenters. The molecule has 0 aromatic rings. The minimum atomic E-state index is -0.250. The summed E-state index contributed by atoms with van der Waals surface area (Å²) in [4.78, 5) is 8.36. The summed E-state index contributed by atoms with van der Waals surface area (Å²) in [6, 6.07) is 0. The maximum absolute atomic E-state index is 8.36. The molecule has 0 fully saturated rings. The molecule has 3 N–H and O–H groups in total. The van der Waals surface area contributed by atoms with Crippen LogP contribution in [0.25, 0.3) is 0 Å². The van der Waals surface area contributed by atoms with Crippen molar-refractivity contribution in [2.45, 2.75) is 54.9 Å². The fraction of sp³-hybridized carbons (Fsp3) is 0.812. The van der Waals surface area contributed by atoms with Crippen molar-refractivity contribution in [3.05, 3.63) is 12.2 Å². The smallest absolute Gasteiger partial charge is 0.290 e. The highest BCUT2D eigenvalue weighted by Gasteiger charge is 2.38. The molecule has 3 nitrogen and oxygen atoms in total. The average molecular weight is 272 g/mol. The molecule has 3 atom stereocenters. The lowest BCUT2D eigenvalue weighted by Gasteiger charge is -2.45. The number of carboxylic acid groups (broad SMARTS) is 1. The third kappa shape index (κ3) is 6.24. The molecule has 0 spiro atoms. The fourth-order valence-electron chi connectivity index (χ4n) is 3.23. The monoisotopic (exact) mass is 272 g/mol. The molecule has 1 aliphatic rings. The normalized spacial score (nSPS) is 26.8. The van der Waals surface area contributed by atoms with E-state index in [4.69, 9.17) is 9.90 Å². The van der Waals surface area contributed by atoms with Crippen molar-refractivity contribution in [1.82, 2.24) is 0 Å². The summed E-state index contributed by atoms with van der Waals surface area (Å²) in [6.45, 7) is 16.4. The molecule has 0 amide bonds. The van der Waals surface area contributed by atoms with Crippen LogP contribution in [0.2, 0.25) is 0 Å². The van der Waals surface area contributed by atoms with E-state index in [9.17, 15) is 0 Å². The molecule has 0 heterocycles. The van der Waals surface area contributed by atoms with E-state index in [2.05, 4.69) is 60.6 Å². The first kappa shape index (κ1) is 20.5. The van der Waals surface area contributed by atoms with Gasteiger partial charge in [-0.15, -0.1) is 0 Å². The SMILES string of the molecule is CC1C(C(C)(C)C)CC=C[C@@H]1C(C)(C)C.O.O=CO. The maximum Gasteiger partial charge on any atom is 0.290 e. The lowest BCUT2D eigenvalue weighted by Crippen LogP contribution is -2.37. The van der Waals surface area contributed by atoms with Crippen LogP contribution in [0.1, 0.15) is 54.9 Å². The number of allylic oxidation sites excluding steroid dienone is 2. The Morgan fingerprint density at radius 3 is 1.84 bits per heavy atom. The van der Waals surface area contributed by atoms with E-state index in [-0.39, 0.29) is 11.9 Å². The number of carbonyl (C=O) groups is 1. The fourth-order valence-corrected chi connectivity index (χ4v) is 3.23. The van der Waals surface area contributed by atoms with Crippen LogP contribution in [0.15, 0.2) is 12.2 Å². The van der Waals surface area contributed by atoms with Crippen molar-refractivity contribution in [2.75, 3.05) is 0 Å². The van der Waals surface area contributed by atoms with E-state index >= 15 is 0 Å². The quantitative estimate of drug-likeness (QED) is 0.538. The van der Waals surface area contributed by atoms with Gasteiger partial charge < -0.3 is 10.6 Å². The molecular formula is C16H32O3. The molecule has 19 heavy (non-hydrogen) atoms. The van der Waals surface area contributed by atoms with Gasteiger partial charge in [0, 0.05) is 0 Å². The number of rotatable bonds is 0. The Morgan fingerprint density at radius 1 is 1.11 bits per heavy atom. The molecule has 0 bridgehead atoms. The van der Waals surface area contributed by atoms with Crippen molar-refractivity contribution in [1.29, 1.82) is 0 Å². The van der Waals surface area contributed by atoms with Gasteiger partial charge in [0.2, 0.25) is 0 Å². The second kappa shape index (κ2) is 7.68. The summed E-state index contributed by atoms with van der Waals surface area (Å²) < 4.78 is 0. The molecule has 1 aliphatic carbocycles. The van der Waals surface area contributed by atoms with Crippen LogP contribution in [0.5, 0.6) is 0 Å². The number of hydrogen-bond donors (Lipinski definition) is 1. The zero-order chi connectivity index (χ0) is 14.6. The van der Waals surface area contributed by atoms with Gasteiger partial charge in [-0.3, -0.25) is 4.79 Å². The van der Waals surface area contributed by atoms with E-state index in [1.165, 1.54) is 6.42 Å². The van der Waals surface area contributed by atoms with Crippen LogP contribution in [-0.2, 0) is 4.79 Å². The highest BCUT2D eigenvalue weighted by molar-refractivity contribution is 5.32. The second-order valence-electron chi connectivity index (χ2n) is 7.49. The summed E-state index contributed by atoms with van der Waals surface area (Å²) >= 11 is 0. The Kier molecular flexibility index (Phi) is 8.29. The average Bonchev–Trinajstić information content (AvgIpc) is 2.15. The van der Waals surface area contributed by atoms with Gasteiger partial charge in [-0.05, 0) is 35.0 Å². The zero-order valence-electron chi connectivity index (χ0n) is 13.5. The van der Waals surface area contributed by atoms with Crippen LogP contribution < -0.4 is 0 Å². The molecule has 0 aliphatic heterocycles. The molecule has 1 rings (SSSR count). The van der Waals surface area contributed by atoms with Crippen LogP contribution in [0, 0.1) is 28.6 Å². The highest BCUT2D eigenvalue weighted by atomic mass is 16.3. The van der Waals surface area contributed by atoms with Crippen LogP contribution in [0.4, 0.5) is 0 Å². The van der Waals surface area contributed by atoms with Crippen LogP contribution >= 0.6 is 0 Å². The van der Waals surface area contributed by atoms with E-state index in [0.29, 0.717) is 10.8 Å². The molecular weight excluding hydrogens is 240 g/mol. The van der Waals surface area contributed by atoms with Gasteiger partial charge in [0.1, 0.15) is 0 Å². The summed E-state index contributed by atoms with van der Waals surface area (Å²) in [6.07, 6.45) is 6.12. The largest absolute Gasteiger partial charge is 0.483 e. The Hall–Kier alpha value is -0.830. The van der Waals surface area contributed by atoms with Crippen molar-refractivity contribution in [2.24, 2.45) is 28.6 Å². The van der Waals surface area contributed by atoms with Crippen molar-refractivity contribution < 1.29 is 15.4 Å². The predicted molar refractivity (Wildman–Crippen MR) is 81.1 cm³/mol. The molecule has 114 valence electrons. The van der Waals surface area contributed by atoms with Gasteiger partial charge in [0.05, 0.1) is 0 Å².